The first-order valence-corrected chi connectivity index (χ1v) is 12.9. The molecule has 3 aromatic rings. The van der Waals surface area contributed by atoms with Crippen molar-refractivity contribution in [3.05, 3.63) is 66.2 Å². The number of aromatic nitrogens is 2. The Morgan fingerprint density at radius 2 is 1.67 bits per heavy atom. The third kappa shape index (κ3) is 4.96. The Labute approximate surface area is 196 Å². The summed E-state index contributed by atoms with van der Waals surface area (Å²) in [6.07, 6.45) is 3.29. The van der Waals surface area contributed by atoms with Crippen molar-refractivity contribution in [1.29, 1.82) is 0 Å². The summed E-state index contributed by atoms with van der Waals surface area (Å²) in [7, 11) is -1.62. The second-order valence-electron chi connectivity index (χ2n) is 7.63. The smallest absolute Gasteiger partial charge is 0.274 e. The van der Waals surface area contributed by atoms with Crippen molar-refractivity contribution in [3.8, 4) is 5.69 Å². The number of hydrogen-bond acceptors (Lipinski definition) is 6. The number of anilines is 1. The van der Waals surface area contributed by atoms with Crippen LogP contribution in [-0.2, 0) is 10.0 Å². The van der Waals surface area contributed by atoms with Gasteiger partial charge >= 0.3 is 0 Å². The zero-order valence-corrected chi connectivity index (χ0v) is 19.9. The molecule has 11 heteroatoms. The topological polar surface area (TPSA) is 87.5 Å². The van der Waals surface area contributed by atoms with Crippen LogP contribution >= 0.6 is 11.8 Å². The second-order valence-corrected chi connectivity index (χ2v) is 10.3. The number of nitrogens with one attached hydrogen (secondary N) is 1. The minimum Gasteiger partial charge on any atom is -0.321 e. The standard InChI is InChI=1S/C22H24FN5O3S2/c1-26-11-13-27(14-12-26)33(30,31)19-9-5-17(6-10-19)25-21(29)20-15-24-22(32-2)28(20)18-7-3-16(23)4-8-18/h3-10,15H,11-14H2,1-2H3,(H,25,29). The average molecular weight is 490 g/mol. The summed E-state index contributed by atoms with van der Waals surface area (Å²) >= 11 is 1.36. The molecule has 1 aliphatic heterocycles. The highest BCUT2D eigenvalue weighted by Crippen LogP contribution is 2.24. The van der Waals surface area contributed by atoms with E-state index < -0.39 is 15.9 Å². The maximum atomic E-state index is 13.4. The van der Waals surface area contributed by atoms with E-state index in [0.29, 0.717) is 42.7 Å². The van der Waals surface area contributed by atoms with Crippen LogP contribution in [0.5, 0.6) is 0 Å². The third-order valence-corrected chi connectivity index (χ3v) is 8.01. The minimum atomic E-state index is -3.58. The van der Waals surface area contributed by atoms with Gasteiger partial charge in [-0.25, -0.2) is 17.8 Å². The fourth-order valence-electron chi connectivity index (χ4n) is 3.56. The van der Waals surface area contributed by atoms with Gasteiger partial charge in [0.2, 0.25) is 10.0 Å². The van der Waals surface area contributed by atoms with Crippen LogP contribution < -0.4 is 5.32 Å². The lowest BCUT2D eigenvalue weighted by molar-refractivity contribution is 0.102. The molecule has 4 rings (SSSR count). The monoisotopic (exact) mass is 489 g/mol. The number of carbonyl (C=O) groups excluding carboxylic acids is 1. The summed E-state index contributed by atoms with van der Waals surface area (Å²) < 4.78 is 42.3. The Bertz CT molecular complexity index is 1240. The summed E-state index contributed by atoms with van der Waals surface area (Å²) in [6, 6.07) is 11.9. The Kier molecular flexibility index (Phi) is 6.84. The van der Waals surface area contributed by atoms with Gasteiger partial charge < -0.3 is 10.2 Å². The molecule has 1 fully saturated rings. The van der Waals surface area contributed by atoms with E-state index in [4.69, 9.17) is 0 Å². The van der Waals surface area contributed by atoms with Crippen LogP contribution in [-0.4, -0.2) is 72.6 Å². The van der Waals surface area contributed by atoms with Crippen molar-refractivity contribution in [2.45, 2.75) is 10.1 Å². The normalized spacial score (nSPS) is 15.5. The largest absolute Gasteiger partial charge is 0.321 e. The fourth-order valence-corrected chi connectivity index (χ4v) is 5.53. The number of rotatable bonds is 6. The Hall–Kier alpha value is -2.73. The van der Waals surface area contributed by atoms with Gasteiger partial charge in [-0.15, -0.1) is 0 Å². The van der Waals surface area contributed by atoms with E-state index in [2.05, 4.69) is 15.2 Å². The van der Waals surface area contributed by atoms with Crippen molar-refractivity contribution in [1.82, 2.24) is 18.8 Å². The van der Waals surface area contributed by atoms with Crippen molar-refractivity contribution >= 4 is 33.4 Å². The maximum absolute atomic E-state index is 13.4. The van der Waals surface area contributed by atoms with Crippen LogP contribution in [0.2, 0.25) is 0 Å². The van der Waals surface area contributed by atoms with Crippen LogP contribution in [0.3, 0.4) is 0 Å². The van der Waals surface area contributed by atoms with E-state index in [1.54, 1.807) is 28.8 Å². The number of amides is 1. The zero-order chi connectivity index (χ0) is 23.6. The molecule has 0 aliphatic carbocycles. The van der Waals surface area contributed by atoms with E-state index >= 15 is 0 Å². The molecule has 1 N–H and O–H groups in total. The molecule has 1 amide bonds. The first kappa shape index (κ1) is 23.4. The number of piperazine rings is 1. The summed E-state index contributed by atoms with van der Waals surface area (Å²) in [4.78, 5) is 19.5. The molecule has 8 nitrogen and oxygen atoms in total. The minimum absolute atomic E-state index is 0.186. The van der Waals surface area contributed by atoms with Gasteiger partial charge in [-0.05, 0) is 61.8 Å². The predicted molar refractivity (Wildman–Crippen MR) is 126 cm³/mol. The highest BCUT2D eigenvalue weighted by Gasteiger charge is 2.27. The van der Waals surface area contributed by atoms with Crippen molar-refractivity contribution in [2.24, 2.45) is 0 Å². The molecule has 0 spiro atoms. The Balaban J connectivity index is 1.53. The van der Waals surface area contributed by atoms with Crippen molar-refractivity contribution in [2.75, 3.05) is 44.8 Å². The first-order valence-electron chi connectivity index (χ1n) is 10.3. The Morgan fingerprint density at radius 3 is 2.27 bits per heavy atom. The molecule has 0 atom stereocenters. The molecule has 0 unspecified atom stereocenters. The van der Waals surface area contributed by atoms with E-state index in [1.807, 2.05) is 13.3 Å². The van der Waals surface area contributed by atoms with Crippen LogP contribution in [0.15, 0.2) is 64.8 Å². The lowest BCUT2D eigenvalue weighted by Crippen LogP contribution is -2.46. The van der Waals surface area contributed by atoms with Gasteiger partial charge in [-0.3, -0.25) is 9.36 Å². The first-order chi connectivity index (χ1) is 15.8. The van der Waals surface area contributed by atoms with Gasteiger partial charge in [0.05, 0.1) is 11.1 Å². The lowest BCUT2D eigenvalue weighted by Gasteiger charge is -2.31. The number of halogens is 1. The number of benzene rings is 2. The fraction of sp³-hybridized carbons (Fsp3) is 0.273. The number of sulfonamides is 1. The molecule has 0 saturated carbocycles. The quantitative estimate of drug-likeness (QED) is 0.536. The molecule has 0 radical (unpaired) electrons. The molecule has 33 heavy (non-hydrogen) atoms. The molecule has 2 heterocycles. The summed E-state index contributed by atoms with van der Waals surface area (Å²) in [5.41, 5.74) is 1.34. The zero-order valence-electron chi connectivity index (χ0n) is 18.2. The molecular formula is C22H24FN5O3S2. The molecule has 1 saturated heterocycles. The number of carbonyl (C=O) groups is 1. The van der Waals surface area contributed by atoms with Gasteiger partial charge in [-0.2, -0.15) is 4.31 Å². The molecular weight excluding hydrogens is 465 g/mol. The van der Waals surface area contributed by atoms with Gasteiger partial charge in [0, 0.05) is 37.6 Å². The summed E-state index contributed by atoms with van der Waals surface area (Å²) in [5.74, 6) is -0.788. The van der Waals surface area contributed by atoms with Crippen molar-refractivity contribution in [3.63, 3.8) is 0 Å². The second kappa shape index (κ2) is 9.64. The predicted octanol–water partition coefficient (Wildman–Crippen LogP) is 2.92. The van der Waals surface area contributed by atoms with E-state index in [-0.39, 0.29) is 16.4 Å². The molecule has 2 aromatic carbocycles. The number of imidazole rings is 1. The van der Waals surface area contributed by atoms with Gasteiger partial charge in [0.1, 0.15) is 11.5 Å². The molecule has 0 bridgehead atoms. The number of likely N-dealkylation sites (N-methyl/N-ethyl adjacent to an activating group) is 1. The summed E-state index contributed by atoms with van der Waals surface area (Å²) in [5, 5.41) is 3.37. The molecule has 174 valence electrons. The van der Waals surface area contributed by atoms with Gasteiger partial charge in [0.25, 0.3) is 5.91 Å². The number of thioether (sulfide) groups is 1. The molecule has 1 aliphatic rings. The average Bonchev–Trinajstić information content (AvgIpc) is 3.24. The number of hydrogen-bond donors (Lipinski definition) is 1. The van der Waals surface area contributed by atoms with Crippen LogP contribution in [0.4, 0.5) is 10.1 Å². The third-order valence-electron chi connectivity index (χ3n) is 5.44. The van der Waals surface area contributed by atoms with Gasteiger partial charge in [0.15, 0.2) is 5.16 Å². The maximum Gasteiger partial charge on any atom is 0.274 e. The van der Waals surface area contributed by atoms with E-state index in [0.717, 1.165) is 0 Å². The number of nitrogens with zero attached hydrogens (tertiary/aromatic N) is 4. The summed E-state index contributed by atoms with van der Waals surface area (Å²) in [6.45, 7) is 2.27. The highest BCUT2D eigenvalue weighted by atomic mass is 32.2. The van der Waals surface area contributed by atoms with E-state index in [1.165, 1.54) is 46.5 Å². The lowest BCUT2D eigenvalue weighted by atomic mass is 10.3. The van der Waals surface area contributed by atoms with Gasteiger partial charge in [-0.1, -0.05) is 11.8 Å². The van der Waals surface area contributed by atoms with E-state index in [9.17, 15) is 17.6 Å². The van der Waals surface area contributed by atoms with Crippen molar-refractivity contribution < 1.29 is 17.6 Å². The SMILES string of the molecule is CSc1ncc(C(=O)Nc2ccc(S(=O)(=O)N3CCN(C)CC3)cc2)n1-c1ccc(F)cc1. The highest BCUT2D eigenvalue weighted by molar-refractivity contribution is 7.98. The Morgan fingerprint density at radius 1 is 1.03 bits per heavy atom. The van der Waals surface area contributed by atoms with Crippen LogP contribution in [0.1, 0.15) is 10.5 Å². The van der Waals surface area contributed by atoms with Crippen LogP contribution in [0.25, 0.3) is 5.69 Å². The molecule has 1 aromatic heterocycles. The van der Waals surface area contributed by atoms with Crippen LogP contribution in [0, 0.1) is 5.82 Å².